The second-order valence-corrected chi connectivity index (χ2v) is 4.91. The lowest BCUT2D eigenvalue weighted by Crippen LogP contribution is -2.27. The highest BCUT2D eigenvalue weighted by Crippen LogP contribution is 2.31. The number of ether oxygens (including phenoxy) is 1. The molecule has 0 fully saturated rings. The first kappa shape index (κ1) is 13.5. The van der Waals surface area contributed by atoms with Crippen molar-refractivity contribution in [3.05, 3.63) is 53.1 Å². The lowest BCUT2D eigenvalue weighted by atomic mass is 10.1. The smallest absolute Gasteiger partial charge is 0.262 e. The third-order valence-corrected chi connectivity index (χ3v) is 3.25. The van der Waals surface area contributed by atoms with Crippen LogP contribution in [0.4, 0.5) is 11.4 Å². The highest BCUT2D eigenvalue weighted by Gasteiger charge is 2.22. The Hall–Kier alpha value is -2.53. The average Bonchev–Trinajstić information content (AvgIpc) is 2.49. The van der Waals surface area contributed by atoms with E-state index in [1.165, 1.54) is 0 Å². The summed E-state index contributed by atoms with van der Waals surface area (Å²) in [7, 11) is 0. The van der Waals surface area contributed by atoms with Crippen LogP contribution >= 0.6 is 11.6 Å². The van der Waals surface area contributed by atoms with Gasteiger partial charge in [-0.15, -0.1) is 0 Å². The molecular weight excluding hydrogens is 292 g/mol. The number of hydrogen-bond acceptors (Lipinski definition) is 3. The van der Waals surface area contributed by atoms with Crippen LogP contribution in [0.5, 0.6) is 5.75 Å². The van der Waals surface area contributed by atoms with Crippen LogP contribution in [-0.2, 0) is 4.79 Å². The van der Waals surface area contributed by atoms with Gasteiger partial charge in [0.05, 0.1) is 11.3 Å². The molecule has 1 heterocycles. The van der Waals surface area contributed by atoms with Gasteiger partial charge in [0, 0.05) is 10.7 Å². The lowest BCUT2D eigenvalue weighted by molar-refractivity contribution is -0.118. The monoisotopic (exact) mass is 302 g/mol. The summed E-state index contributed by atoms with van der Waals surface area (Å²) in [5.74, 6) is -0.132. The highest BCUT2D eigenvalue weighted by atomic mass is 35.5. The first-order chi connectivity index (χ1) is 10.1. The van der Waals surface area contributed by atoms with E-state index in [0.29, 0.717) is 27.7 Å². The van der Waals surface area contributed by atoms with Crippen molar-refractivity contribution in [1.29, 1.82) is 0 Å². The Balaban J connectivity index is 1.88. The summed E-state index contributed by atoms with van der Waals surface area (Å²) in [6.07, 6.45) is 0. The highest BCUT2D eigenvalue weighted by molar-refractivity contribution is 6.30. The van der Waals surface area contributed by atoms with Crippen LogP contribution < -0.4 is 15.4 Å². The summed E-state index contributed by atoms with van der Waals surface area (Å²) >= 11 is 5.80. The van der Waals surface area contributed by atoms with Gasteiger partial charge >= 0.3 is 0 Å². The second-order valence-electron chi connectivity index (χ2n) is 4.48. The van der Waals surface area contributed by atoms with Gasteiger partial charge in [-0.2, -0.15) is 0 Å². The molecule has 2 aromatic carbocycles. The molecule has 0 atom stereocenters. The van der Waals surface area contributed by atoms with Gasteiger partial charge in [-0.3, -0.25) is 9.59 Å². The molecule has 3 rings (SSSR count). The summed E-state index contributed by atoms with van der Waals surface area (Å²) in [5.41, 5.74) is 1.35. The minimum absolute atomic E-state index is 0.0464. The number of nitrogens with one attached hydrogen (secondary N) is 2. The Morgan fingerprint density at radius 2 is 1.95 bits per heavy atom. The Kier molecular flexibility index (Phi) is 3.50. The van der Waals surface area contributed by atoms with Crippen molar-refractivity contribution in [2.45, 2.75) is 0 Å². The fourth-order valence-corrected chi connectivity index (χ4v) is 2.15. The fraction of sp³-hybridized carbons (Fsp3) is 0.0667. The number of carbonyl (C=O) groups is 2. The maximum atomic E-state index is 12.3. The molecule has 2 N–H and O–H groups in total. The minimum Gasteiger partial charge on any atom is -0.482 e. The topological polar surface area (TPSA) is 67.4 Å². The van der Waals surface area contributed by atoms with Gasteiger partial charge in [0.1, 0.15) is 5.75 Å². The summed E-state index contributed by atoms with van der Waals surface area (Å²) in [5, 5.41) is 5.99. The van der Waals surface area contributed by atoms with E-state index in [1.807, 2.05) is 0 Å². The molecule has 106 valence electrons. The molecule has 0 aromatic heterocycles. The normalized spacial score (nSPS) is 12.9. The third kappa shape index (κ3) is 2.83. The number of carbonyl (C=O) groups excluding carboxylic acids is 2. The van der Waals surface area contributed by atoms with E-state index >= 15 is 0 Å². The van der Waals surface area contributed by atoms with Gasteiger partial charge in [-0.25, -0.2) is 0 Å². The third-order valence-electron chi connectivity index (χ3n) is 3.00. The molecule has 0 radical (unpaired) electrons. The van der Waals surface area contributed by atoms with E-state index in [1.54, 1.807) is 42.5 Å². The second kappa shape index (κ2) is 5.46. The van der Waals surface area contributed by atoms with E-state index in [4.69, 9.17) is 16.3 Å². The predicted octanol–water partition coefficient (Wildman–Crippen LogP) is 2.92. The molecule has 1 aliphatic heterocycles. The number of rotatable bonds is 2. The Morgan fingerprint density at radius 3 is 2.71 bits per heavy atom. The van der Waals surface area contributed by atoms with Crippen molar-refractivity contribution in [2.24, 2.45) is 0 Å². The van der Waals surface area contributed by atoms with Gasteiger partial charge in [-0.05, 0) is 36.4 Å². The van der Waals surface area contributed by atoms with Crippen molar-refractivity contribution in [3.8, 4) is 5.75 Å². The van der Waals surface area contributed by atoms with Crippen molar-refractivity contribution in [1.82, 2.24) is 0 Å². The Bertz CT molecular complexity index is 713. The van der Waals surface area contributed by atoms with Crippen molar-refractivity contribution in [2.75, 3.05) is 17.2 Å². The zero-order chi connectivity index (χ0) is 14.8. The van der Waals surface area contributed by atoms with Crippen LogP contribution in [0.3, 0.4) is 0 Å². The summed E-state index contributed by atoms with van der Waals surface area (Å²) in [6.45, 7) is -0.0464. The first-order valence-corrected chi connectivity index (χ1v) is 6.64. The van der Waals surface area contributed by atoms with E-state index in [0.717, 1.165) is 0 Å². The molecular formula is C15H11ClN2O3. The number of anilines is 2. The molecule has 1 aliphatic rings. The quantitative estimate of drug-likeness (QED) is 0.896. The van der Waals surface area contributed by atoms with Gasteiger partial charge in [0.15, 0.2) is 6.61 Å². The Labute approximate surface area is 125 Å². The summed E-state index contributed by atoms with van der Waals surface area (Å²) < 4.78 is 5.28. The Morgan fingerprint density at radius 1 is 1.19 bits per heavy atom. The molecule has 21 heavy (non-hydrogen) atoms. The van der Waals surface area contributed by atoms with Gasteiger partial charge < -0.3 is 15.4 Å². The van der Waals surface area contributed by atoms with Crippen LogP contribution in [-0.4, -0.2) is 18.4 Å². The zero-order valence-corrected chi connectivity index (χ0v) is 11.6. The van der Waals surface area contributed by atoms with Crippen molar-refractivity contribution < 1.29 is 14.3 Å². The number of benzene rings is 2. The van der Waals surface area contributed by atoms with E-state index in [9.17, 15) is 9.59 Å². The number of amides is 2. The van der Waals surface area contributed by atoms with Crippen LogP contribution in [0.25, 0.3) is 0 Å². The molecule has 5 nitrogen and oxygen atoms in total. The SMILES string of the molecule is O=C1COc2cccc(C(=O)Nc3ccc(Cl)cc3)c2N1. The van der Waals surface area contributed by atoms with E-state index < -0.39 is 0 Å². The summed E-state index contributed by atoms with van der Waals surface area (Å²) in [6, 6.07) is 11.8. The molecule has 0 bridgehead atoms. The van der Waals surface area contributed by atoms with Crippen LogP contribution in [0.15, 0.2) is 42.5 Å². The maximum Gasteiger partial charge on any atom is 0.262 e. The van der Waals surface area contributed by atoms with E-state index in [-0.39, 0.29) is 18.4 Å². The number of para-hydroxylation sites is 1. The fourth-order valence-electron chi connectivity index (χ4n) is 2.02. The number of fused-ring (bicyclic) bond motifs is 1. The van der Waals surface area contributed by atoms with Gasteiger partial charge in [0.25, 0.3) is 11.8 Å². The molecule has 2 aromatic rings. The molecule has 6 heteroatoms. The molecule has 0 aliphatic carbocycles. The molecule has 0 spiro atoms. The molecule has 0 saturated heterocycles. The standard InChI is InChI=1S/C15H11ClN2O3/c16-9-4-6-10(7-5-9)17-15(20)11-2-1-3-12-14(11)18-13(19)8-21-12/h1-7H,8H2,(H,17,20)(H,18,19). The van der Waals surface area contributed by atoms with Crippen LogP contribution in [0.1, 0.15) is 10.4 Å². The van der Waals surface area contributed by atoms with Gasteiger partial charge in [0.2, 0.25) is 0 Å². The van der Waals surface area contributed by atoms with E-state index in [2.05, 4.69) is 10.6 Å². The van der Waals surface area contributed by atoms with Gasteiger partial charge in [-0.1, -0.05) is 17.7 Å². The number of halogens is 1. The maximum absolute atomic E-state index is 12.3. The zero-order valence-electron chi connectivity index (χ0n) is 10.9. The predicted molar refractivity (Wildman–Crippen MR) is 80.0 cm³/mol. The first-order valence-electron chi connectivity index (χ1n) is 6.26. The number of hydrogen-bond donors (Lipinski definition) is 2. The molecule has 0 unspecified atom stereocenters. The van der Waals surface area contributed by atoms with Crippen molar-refractivity contribution in [3.63, 3.8) is 0 Å². The molecule has 0 saturated carbocycles. The van der Waals surface area contributed by atoms with Crippen LogP contribution in [0.2, 0.25) is 5.02 Å². The largest absolute Gasteiger partial charge is 0.482 e. The molecule has 2 amide bonds. The van der Waals surface area contributed by atoms with Crippen LogP contribution in [0, 0.1) is 0 Å². The average molecular weight is 303 g/mol. The summed E-state index contributed by atoms with van der Waals surface area (Å²) in [4.78, 5) is 23.7. The lowest BCUT2D eigenvalue weighted by Gasteiger charge is -2.20. The van der Waals surface area contributed by atoms with Crippen molar-refractivity contribution >= 4 is 34.8 Å². The minimum atomic E-state index is -0.333.